The monoisotopic (exact) mass is 398 g/mol. The lowest BCUT2D eigenvalue weighted by molar-refractivity contribution is -0.183. The molecule has 2 unspecified atom stereocenters. The predicted molar refractivity (Wildman–Crippen MR) is 108 cm³/mol. The van der Waals surface area contributed by atoms with Crippen LogP contribution in [0.1, 0.15) is 57.9 Å². The zero-order valence-electron chi connectivity index (χ0n) is 17.1. The minimum atomic E-state index is -1.02. The maximum atomic E-state index is 13.5. The molecule has 3 N–H and O–H groups in total. The van der Waals surface area contributed by atoms with Gasteiger partial charge in [0.05, 0.1) is 5.41 Å². The molecule has 0 radical (unpaired) electrons. The van der Waals surface area contributed by atoms with Crippen LogP contribution < -0.4 is 11.1 Å². The lowest BCUT2D eigenvalue weighted by atomic mass is 9.43. The van der Waals surface area contributed by atoms with Gasteiger partial charge in [0.2, 0.25) is 0 Å². The molecule has 0 spiro atoms. The number of ether oxygens (including phenoxy) is 1. The van der Waals surface area contributed by atoms with Gasteiger partial charge in [-0.3, -0.25) is 14.9 Å². The van der Waals surface area contributed by atoms with E-state index in [1.165, 1.54) is 12.0 Å². The SMILES string of the molecule is CC(C)[C@@H](OC(=O)C12C[C@H]3C[C@@H](C1)CC(c1ccccc1)(C3)C2)C(=O)NC(N)=O. The molecule has 0 saturated heterocycles. The Morgan fingerprint density at radius 1 is 1.07 bits per heavy atom. The lowest BCUT2D eigenvalue weighted by Gasteiger charge is -2.61. The highest BCUT2D eigenvalue weighted by Gasteiger charge is 2.62. The standard InChI is InChI=1S/C23H30N2O4/c1-14(2)18(19(26)25-21(24)28)29-20(27)23-11-15-8-16(12-23)10-22(9-15,13-23)17-6-4-3-5-7-17/h3-7,14-16,18H,8-13H2,1-2H3,(H3,24,25,26,28)/t15-,16+,18-,22?,23?/m1/s1. The highest BCUT2D eigenvalue weighted by molar-refractivity contribution is 5.97. The van der Waals surface area contributed by atoms with Crippen LogP contribution in [0.4, 0.5) is 4.79 Å². The molecule has 0 aliphatic heterocycles. The molecular weight excluding hydrogens is 368 g/mol. The first-order valence-electron chi connectivity index (χ1n) is 10.6. The van der Waals surface area contributed by atoms with E-state index in [2.05, 4.69) is 29.6 Å². The summed E-state index contributed by atoms with van der Waals surface area (Å²) in [6.07, 6.45) is 4.85. The molecular formula is C23H30N2O4. The van der Waals surface area contributed by atoms with Crippen molar-refractivity contribution in [1.82, 2.24) is 5.32 Å². The van der Waals surface area contributed by atoms with Crippen LogP contribution in [0, 0.1) is 23.2 Å². The Hall–Kier alpha value is -2.37. The topological polar surface area (TPSA) is 98.5 Å². The van der Waals surface area contributed by atoms with Crippen LogP contribution in [0.2, 0.25) is 0 Å². The Labute approximate surface area is 171 Å². The van der Waals surface area contributed by atoms with Crippen molar-refractivity contribution in [2.24, 2.45) is 28.9 Å². The Kier molecular flexibility index (Phi) is 4.91. The summed E-state index contributed by atoms with van der Waals surface area (Å²) in [5.74, 6) is -0.161. The normalized spacial score (nSPS) is 33.3. The first-order valence-corrected chi connectivity index (χ1v) is 10.6. The smallest absolute Gasteiger partial charge is 0.318 e. The van der Waals surface area contributed by atoms with Gasteiger partial charge in [-0.25, -0.2) is 4.79 Å². The summed E-state index contributed by atoms with van der Waals surface area (Å²) in [6.45, 7) is 3.59. The molecule has 0 heterocycles. The van der Waals surface area contributed by atoms with E-state index in [0.717, 1.165) is 32.1 Å². The summed E-state index contributed by atoms with van der Waals surface area (Å²) in [4.78, 5) is 36.9. The fourth-order valence-corrected chi connectivity index (χ4v) is 6.56. The summed E-state index contributed by atoms with van der Waals surface area (Å²) in [5.41, 5.74) is 5.88. The maximum absolute atomic E-state index is 13.5. The van der Waals surface area contributed by atoms with Crippen LogP contribution in [0.3, 0.4) is 0 Å². The van der Waals surface area contributed by atoms with Gasteiger partial charge >= 0.3 is 12.0 Å². The van der Waals surface area contributed by atoms with E-state index in [4.69, 9.17) is 10.5 Å². The number of nitrogens with one attached hydrogen (secondary N) is 1. The number of imide groups is 1. The van der Waals surface area contributed by atoms with Crippen molar-refractivity contribution in [1.29, 1.82) is 0 Å². The van der Waals surface area contributed by atoms with Gasteiger partial charge in [0.1, 0.15) is 0 Å². The van der Waals surface area contributed by atoms with E-state index in [-0.39, 0.29) is 17.3 Å². The minimum Gasteiger partial charge on any atom is -0.452 e. The maximum Gasteiger partial charge on any atom is 0.318 e. The Bertz CT molecular complexity index is 805. The van der Waals surface area contributed by atoms with Crippen LogP contribution in [-0.4, -0.2) is 24.0 Å². The van der Waals surface area contributed by atoms with Crippen molar-refractivity contribution in [3.8, 4) is 0 Å². The zero-order chi connectivity index (χ0) is 20.8. The average molecular weight is 399 g/mol. The van der Waals surface area contributed by atoms with Crippen LogP contribution in [0.5, 0.6) is 0 Å². The fourth-order valence-electron chi connectivity index (χ4n) is 6.56. The second kappa shape index (κ2) is 7.15. The van der Waals surface area contributed by atoms with Gasteiger partial charge in [-0.1, -0.05) is 44.2 Å². The molecule has 0 aromatic heterocycles. The van der Waals surface area contributed by atoms with Crippen molar-refractivity contribution >= 4 is 17.9 Å². The number of hydrogen-bond acceptors (Lipinski definition) is 4. The van der Waals surface area contributed by atoms with Crippen LogP contribution in [0.25, 0.3) is 0 Å². The molecule has 4 aliphatic carbocycles. The summed E-state index contributed by atoms with van der Waals surface area (Å²) in [7, 11) is 0. The first-order chi connectivity index (χ1) is 13.7. The average Bonchev–Trinajstić information content (AvgIpc) is 2.64. The molecule has 5 rings (SSSR count). The van der Waals surface area contributed by atoms with Crippen molar-refractivity contribution in [3.63, 3.8) is 0 Å². The number of carbonyl (C=O) groups is 3. The summed E-state index contributed by atoms with van der Waals surface area (Å²) in [5, 5.41) is 2.06. The van der Waals surface area contributed by atoms with E-state index >= 15 is 0 Å². The quantitative estimate of drug-likeness (QED) is 0.744. The summed E-state index contributed by atoms with van der Waals surface area (Å²) >= 11 is 0. The van der Waals surface area contributed by atoms with Gasteiger partial charge in [-0.05, 0) is 67.3 Å². The number of amides is 3. The van der Waals surface area contributed by atoms with Crippen LogP contribution in [-0.2, 0) is 19.7 Å². The number of rotatable bonds is 5. The van der Waals surface area contributed by atoms with E-state index < -0.39 is 23.5 Å². The number of benzene rings is 1. The second-order valence-electron chi connectivity index (χ2n) is 9.81. The molecule has 4 bridgehead atoms. The molecule has 1 aromatic rings. The molecule has 4 aliphatic rings. The van der Waals surface area contributed by atoms with Crippen molar-refractivity contribution in [2.75, 3.05) is 0 Å². The van der Waals surface area contributed by atoms with Gasteiger partial charge in [-0.2, -0.15) is 0 Å². The second-order valence-corrected chi connectivity index (χ2v) is 9.81. The molecule has 156 valence electrons. The Morgan fingerprint density at radius 3 is 2.24 bits per heavy atom. The van der Waals surface area contributed by atoms with Gasteiger partial charge in [0.15, 0.2) is 6.10 Å². The summed E-state index contributed by atoms with van der Waals surface area (Å²) in [6, 6.07) is 9.60. The molecule has 29 heavy (non-hydrogen) atoms. The van der Waals surface area contributed by atoms with Gasteiger partial charge < -0.3 is 10.5 Å². The van der Waals surface area contributed by atoms with Gasteiger partial charge in [-0.15, -0.1) is 0 Å². The van der Waals surface area contributed by atoms with Crippen LogP contribution in [0.15, 0.2) is 30.3 Å². The summed E-state index contributed by atoms with van der Waals surface area (Å²) < 4.78 is 5.78. The number of esters is 1. The number of primary amides is 1. The van der Waals surface area contributed by atoms with Crippen molar-refractivity contribution in [2.45, 2.75) is 63.9 Å². The predicted octanol–water partition coefficient (Wildman–Crippen LogP) is 3.29. The van der Waals surface area contributed by atoms with E-state index in [0.29, 0.717) is 11.8 Å². The zero-order valence-corrected chi connectivity index (χ0v) is 17.1. The third kappa shape index (κ3) is 3.53. The molecule has 6 nitrogen and oxygen atoms in total. The first kappa shape index (κ1) is 19.9. The highest BCUT2D eigenvalue weighted by Crippen LogP contribution is 2.66. The molecule has 4 fully saturated rings. The molecule has 1 aromatic carbocycles. The fraction of sp³-hybridized carbons (Fsp3) is 0.609. The number of hydrogen-bond donors (Lipinski definition) is 2. The number of carbonyl (C=O) groups excluding carboxylic acids is 3. The number of urea groups is 1. The van der Waals surface area contributed by atoms with Crippen LogP contribution >= 0.6 is 0 Å². The van der Waals surface area contributed by atoms with Gasteiger partial charge in [0.25, 0.3) is 5.91 Å². The van der Waals surface area contributed by atoms with E-state index in [9.17, 15) is 14.4 Å². The minimum absolute atomic E-state index is 0.0210. The largest absolute Gasteiger partial charge is 0.452 e. The highest BCUT2D eigenvalue weighted by atomic mass is 16.6. The Morgan fingerprint density at radius 2 is 1.69 bits per heavy atom. The third-order valence-electron chi connectivity index (χ3n) is 7.22. The van der Waals surface area contributed by atoms with E-state index in [1.807, 2.05) is 6.07 Å². The Balaban J connectivity index is 1.60. The molecule has 6 heteroatoms. The van der Waals surface area contributed by atoms with E-state index in [1.54, 1.807) is 13.8 Å². The number of nitrogens with two attached hydrogens (primary N) is 1. The molecule has 4 saturated carbocycles. The molecule has 5 atom stereocenters. The lowest BCUT2D eigenvalue weighted by Crippen LogP contribution is -2.58. The van der Waals surface area contributed by atoms with Crippen molar-refractivity contribution in [3.05, 3.63) is 35.9 Å². The van der Waals surface area contributed by atoms with Crippen molar-refractivity contribution < 1.29 is 19.1 Å². The third-order valence-corrected chi connectivity index (χ3v) is 7.22. The molecule has 3 amide bonds. The van der Waals surface area contributed by atoms with Gasteiger partial charge in [0, 0.05) is 0 Å².